The molecule has 1 amide bonds. The summed E-state index contributed by atoms with van der Waals surface area (Å²) in [6.07, 6.45) is 1.18. The number of aryl methyl sites for hydroxylation is 2. The molecule has 3 rings (SSSR count). The molecule has 0 aromatic heterocycles. The van der Waals surface area contributed by atoms with Gasteiger partial charge in [-0.3, -0.25) is 9.10 Å². The van der Waals surface area contributed by atoms with Crippen LogP contribution in [0.3, 0.4) is 0 Å². The van der Waals surface area contributed by atoms with Gasteiger partial charge in [0.2, 0.25) is 10.0 Å². The van der Waals surface area contributed by atoms with Gasteiger partial charge in [-0.1, -0.05) is 48.0 Å². The van der Waals surface area contributed by atoms with Gasteiger partial charge in [0.1, 0.15) is 12.4 Å². The van der Waals surface area contributed by atoms with Crippen LogP contribution in [0.2, 0.25) is 0 Å². The fourth-order valence-electron chi connectivity index (χ4n) is 3.18. The smallest absolute Gasteiger partial charge is 0.251 e. The number of carbonyl (C=O) groups excluding carboxylic acids is 1. The molecule has 0 atom stereocenters. The highest BCUT2D eigenvalue weighted by Gasteiger charge is 2.18. The molecular weight excluding hydrogens is 424 g/mol. The van der Waals surface area contributed by atoms with Crippen molar-refractivity contribution in [2.24, 2.45) is 0 Å². The van der Waals surface area contributed by atoms with Crippen molar-refractivity contribution in [3.05, 3.63) is 95.1 Å². The van der Waals surface area contributed by atoms with Crippen molar-refractivity contribution in [1.82, 2.24) is 5.32 Å². The lowest BCUT2D eigenvalue weighted by Gasteiger charge is -2.23. The van der Waals surface area contributed by atoms with Crippen molar-refractivity contribution in [1.29, 1.82) is 0 Å². The fourth-order valence-corrected chi connectivity index (χ4v) is 4.07. The van der Waals surface area contributed by atoms with Crippen LogP contribution < -0.4 is 14.4 Å². The second kappa shape index (κ2) is 10.3. The molecule has 0 radical (unpaired) electrons. The van der Waals surface area contributed by atoms with Crippen LogP contribution in [0.5, 0.6) is 5.75 Å². The number of nitrogens with one attached hydrogen (secondary N) is 1. The van der Waals surface area contributed by atoms with Crippen molar-refractivity contribution >= 4 is 21.6 Å². The molecule has 7 heteroatoms. The number of nitrogens with zero attached hydrogens (tertiary/aromatic N) is 1. The minimum atomic E-state index is -3.49. The first-order chi connectivity index (χ1) is 15.2. The third kappa shape index (κ3) is 6.34. The predicted molar refractivity (Wildman–Crippen MR) is 128 cm³/mol. The van der Waals surface area contributed by atoms with Crippen LogP contribution in [-0.2, 0) is 16.6 Å². The number of hydrogen-bond acceptors (Lipinski definition) is 4. The van der Waals surface area contributed by atoms with Gasteiger partial charge in [0.05, 0.1) is 25.0 Å². The number of carbonyl (C=O) groups is 1. The zero-order chi connectivity index (χ0) is 23.1. The highest BCUT2D eigenvalue weighted by Crippen LogP contribution is 2.21. The Morgan fingerprint density at radius 1 is 0.938 bits per heavy atom. The Morgan fingerprint density at radius 3 is 2.22 bits per heavy atom. The van der Waals surface area contributed by atoms with E-state index in [4.69, 9.17) is 4.74 Å². The Morgan fingerprint density at radius 2 is 1.59 bits per heavy atom. The summed E-state index contributed by atoms with van der Waals surface area (Å²) >= 11 is 0. The summed E-state index contributed by atoms with van der Waals surface area (Å²) in [5.74, 6) is 0.551. The molecule has 6 nitrogen and oxygen atoms in total. The standard InChI is InChI=1S/C25H28N2O4S/c1-19-8-10-21(11-9-19)18-27(32(3,29)30)23-14-12-22(13-15-23)25(28)26-16-17-31-24-7-5-4-6-20(24)2/h4-15H,16-18H2,1-3H3,(H,26,28). The lowest BCUT2D eigenvalue weighted by molar-refractivity contribution is 0.0947. The lowest BCUT2D eigenvalue weighted by atomic mass is 10.1. The number of ether oxygens (including phenoxy) is 1. The van der Waals surface area contributed by atoms with E-state index in [0.717, 1.165) is 22.4 Å². The minimum absolute atomic E-state index is 0.223. The first-order valence-electron chi connectivity index (χ1n) is 10.3. The van der Waals surface area contributed by atoms with Gasteiger partial charge in [-0.2, -0.15) is 0 Å². The average Bonchev–Trinajstić information content (AvgIpc) is 2.76. The van der Waals surface area contributed by atoms with Crippen LogP contribution in [0.4, 0.5) is 5.69 Å². The molecule has 168 valence electrons. The zero-order valence-electron chi connectivity index (χ0n) is 18.5. The third-order valence-corrected chi connectivity index (χ3v) is 6.14. The van der Waals surface area contributed by atoms with E-state index in [-0.39, 0.29) is 12.5 Å². The molecule has 32 heavy (non-hydrogen) atoms. The zero-order valence-corrected chi connectivity index (χ0v) is 19.4. The summed E-state index contributed by atoms with van der Waals surface area (Å²) < 4.78 is 31.8. The van der Waals surface area contributed by atoms with Crippen LogP contribution in [0.1, 0.15) is 27.0 Å². The normalized spacial score (nSPS) is 11.1. The first-order valence-corrected chi connectivity index (χ1v) is 12.2. The van der Waals surface area contributed by atoms with E-state index in [1.54, 1.807) is 24.3 Å². The Labute approximate surface area is 189 Å². The topological polar surface area (TPSA) is 75.7 Å². The number of amides is 1. The number of anilines is 1. The molecule has 1 N–H and O–H groups in total. The van der Waals surface area contributed by atoms with E-state index in [1.807, 2.05) is 62.4 Å². The summed E-state index contributed by atoms with van der Waals surface area (Å²) in [6, 6.07) is 22.0. The Hall–Kier alpha value is -3.32. The van der Waals surface area contributed by atoms with Gasteiger partial charge < -0.3 is 10.1 Å². The quantitative estimate of drug-likeness (QED) is 0.497. The molecule has 0 aliphatic rings. The number of para-hydroxylation sites is 1. The van der Waals surface area contributed by atoms with Crippen LogP contribution in [0.15, 0.2) is 72.8 Å². The molecule has 0 fully saturated rings. The van der Waals surface area contributed by atoms with Crippen molar-refractivity contribution < 1.29 is 17.9 Å². The number of hydrogen-bond donors (Lipinski definition) is 1. The van der Waals surface area contributed by atoms with E-state index in [9.17, 15) is 13.2 Å². The first kappa shape index (κ1) is 23.3. The van der Waals surface area contributed by atoms with Gasteiger partial charge in [0.15, 0.2) is 0 Å². The van der Waals surface area contributed by atoms with Gasteiger partial charge in [0.25, 0.3) is 5.91 Å². The van der Waals surface area contributed by atoms with E-state index < -0.39 is 10.0 Å². The second-order valence-corrected chi connectivity index (χ2v) is 9.58. The summed E-state index contributed by atoms with van der Waals surface area (Å²) in [4.78, 5) is 12.4. The molecule has 0 aliphatic carbocycles. The maximum atomic E-state index is 12.4. The number of benzene rings is 3. The van der Waals surface area contributed by atoms with E-state index in [1.165, 1.54) is 10.6 Å². The van der Waals surface area contributed by atoms with Gasteiger partial charge in [0, 0.05) is 5.56 Å². The Bertz CT molecular complexity index is 1160. The van der Waals surface area contributed by atoms with Gasteiger partial charge in [-0.15, -0.1) is 0 Å². The second-order valence-electron chi connectivity index (χ2n) is 7.67. The average molecular weight is 453 g/mol. The Balaban J connectivity index is 1.60. The molecule has 0 unspecified atom stereocenters. The lowest BCUT2D eigenvalue weighted by Crippen LogP contribution is -2.30. The van der Waals surface area contributed by atoms with Crippen molar-refractivity contribution in [3.8, 4) is 5.75 Å². The van der Waals surface area contributed by atoms with E-state index in [0.29, 0.717) is 24.4 Å². The Kier molecular flexibility index (Phi) is 7.53. The van der Waals surface area contributed by atoms with Gasteiger partial charge >= 0.3 is 0 Å². The molecule has 0 bridgehead atoms. The molecule has 0 spiro atoms. The fraction of sp³-hybridized carbons (Fsp3) is 0.240. The third-order valence-electron chi connectivity index (χ3n) is 5.00. The maximum Gasteiger partial charge on any atom is 0.251 e. The van der Waals surface area contributed by atoms with E-state index in [2.05, 4.69) is 5.32 Å². The number of rotatable bonds is 9. The van der Waals surface area contributed by atoms with Crippen LogP contribution >= 0.6 is 0 Å². The summed E-state index contributed by atoms with van der Waals surface area (Å²) in [5.41, 5.74) is 3.99. The summed E-state index contributed by atoms with van der Waals surface area (Å²) in [5, 5.41) is 2.82. The van der Waals surface area contributed by atoms with Crippen molar-refractivity contribution in [2.75, 3.05) is 23.7 Å². The molecule has 0 saturated heterocycles. The largest absolute Gasteiger partial charge is 0.491 e. The van der Waals surface area contributed by atoms with Crippen molar-refractivity contribution in [3.63, 3.8) is 0 Å². The highest BCUT2D eigenvalue weighted by atomic mass is 32.2. The van der Waals surface area contributed by atoms with Crippen LogP contribution in [0, 0.1) is 13.8 Å². The number of sulfonamides is 1. The molecule has 0 aliphatic heterocycles. The molecule has 3 aromatic rings. The SMILES string of the molecule is Cc1ccc(CN(c2ccc(C(=O)NCCOc3ccccc3C)cc2)S(C)(=O)=O)cc1. The van der Waals surface area contributed by atoms with Crippen LogP contribution in [-0.4, -0.2) is 33.7 Å². The van der Waals surface area contributed by atoms with E-state index >= 15 is 0 Å². The summed E-state index contributed by atoms with van der Waals surface area (Å²) in [6.45, 7) is 4.89. The maximum absolute atomic E-state index is 12.4. The minimum Gasteiger partial charge on any atom is -0.491 e. The molecule has 0 saturated carbocycles. The molecule has 0 heterocycles. The van der Waals surface area contributed by atoms with Crippen LogP contribution in [0.25, 0.3) is 0 Å². The molecule has 3 aromatic carbocycles. The summed E-state index contributed by atoms with van der Waals surface area (Å²) in [7, 11) is -3.49. The van der Waals surface area contributed by atoms with Gasteiger partial charge in [-0.05, 0) is 55.3 Å². The highest BCUT2D eigenvalue weighted by molar-refractivity contribution is 7.92. The monoisotopic (exact) mass is 452 g/mol. The predicted octanol–water partition coefficient (Wildman–Crippen LogP) is 4.08. The molecular formula is C25H28N2O4S. The van der Waals surface area contributed by atoms with Crippen molar-refractivity contribution in [2.45, 2.75) is 20.4 Å². The van der Waals surface area contributed by atoms with Gasteiger partial charge in [-0.25, -0.2) is 8.42 Å².